The fourth-order valence-electron chi connectivity index (χ4n) is 2.25. The molecule has 0 bridgehead atoms. The lowest BCUT2D eigenvalue weighted by Gasteiger charge is -2.28. The fourth-order valence-corrected chi connectivity index (χ4v) is 2.25. The highest BCUT2D eigenvalue weighted by atomic mass is 16.5. The third-order valence-corrected chi connectivity index (χ3v) is 2.81. The van der Waals surface area contributed by atoms with Crippen molar-refractivity contribution < 1.29 is 19.1 Å². The van der Waals surface area contributed by atoms with Crippen LogP contribution in [-0.2, 0) is 19.1 Å². The minimum atomic E-state index is -0.979. The van der Waals surface area contributed by atoms with Gasteiger partial charge in [0, 0.05) is 26.3 Å². The van der Waals surface area contributed by atoms with Crippen LogP contribution in [0.25, 0.3) is 0 Å². The maximum atomic E-state index is 12.3. The first-order valence-electron chi connectivity index (χ1n) is 7.11. The summed E-state index contributed by atoms with van der Waals surface area (Å²) in [6, 6.07) is 0. The molecule has 0 aromatic heterocycles. The Morgan fingerprint density at radius 1 is 1.25 bits per heavy atom. The Bertz CT molecular complexity index is 339. The largest absolute Gasteiger partial charge is 0.465 e. The fraction of sp³-hybridized carbons (Fsp3) is 0.800. The average Bonchev–Trinajstić information content (AvgIpc) is 2.36. The van der Waals surface area contributed by atoms with E-state index >= 15 is 0 Å². The molecule has 0 amide bonds. The van der Waals surface area contributed by atoms with Crippen LogP contribution in [0.1, 0.15) is 40.5 Å². The van der Waals surface area contributed by atoms with Crippen LogP contribution in [0.5, 0.6) is 0 Å². The van der Waals surface area contributed by atoms with Crippen LogP contribution in [0.3, 0.4) is 0 Å². The van der Waals surface area contributed by atoms with Gasteiger partial charge < -0.3 is 9.47 Å². The smallest absolute Gasteiger partial charge is 0.317 e. The summed E-state index contributed by atoms with van der Waals surface area (Å²) in [6.45, 7) is 8.37. The van der Waals surface area contributed by atoms with Crippen molar-refractivity contribution >= 4 is 18.0 Å². The second-order valence-corrected chi connectivity index (χ2v) is 5.21. The standard InChI is InChI=1S/C15H27NO4/c1-6-19-10-13(17)9-15(11-16-5,8-12(3)4)14(18)20-7-2/h11-12H,6-10H2,1-5H3. The molecule has 0 heterocycles. The van der Waals surface area contributed by atoms with Gasteiger partial charge in [-0.2, -0.15) is 0 Å². The van der Waals surface area contributed by atoms with Crippen molar-refractivity contribution in [2.45, 2.75) is 40.5 Å². The van der Waals surface area contributed by atoms with Gasteiger partial charge >= 0.3 is 5.97 Å². The van der Waals surface area contributed by atoms with Crippen molar-refractivity contribution in [3.63, 3.8) is 0 Å². The number of nitrogens with zero attached hydrogens (tertiary/aromatic N) is 1. The first-order valence-corrected chi connectivity index (χ1v) is 7.11. The minimum absolute atomic E-state index is 0.0211. The van der Waals surface area contributed by atoms with Gasteiger partial charge in [0.1, 0.15) is 12.0 Å². The number of carbonyl (C=O) groups is 2. The van der Waals surface area contributed by atoms with E-state index in [0.717, 1.165) is 0 Å². The van der Waals surface area contributed by atoms with Crippen LogP contribution in [0.4, 0.5) is 0 Å². The van der Waals surface area contributed by atoms with Gasteiger partial charge in [0.05, 0.1) is 6.61 Å². The van der Waals surface area contributed by atoms with Crippen molar-refractivity contribution in [2.24, 2.45) is 16.3 Å². The Morgan fingerprint density at radius 3 is 2.35 bits per heavy atom. The van der Waals surface area contributed by atoms with E-state index in [-0.39, 0.29) is 37.3 Å². The number of ether oxygens (including phenoxy) is 2. The molecular formula is C15H27NO4. The van der Waals surface area contributed by atoms with Crippen molar-refractivity contribution in [3.05, 3.63) is 0 Å². The number of Topliss-reactive ketones (excluding diaryl/α,β-unsaturated/α-hetero) is 1. The molecule has 1 atom stereocenters. The maximum absolute atomic E-state index is 12.3. The number of carbonyl (C=O) groups excluding carboxylic acids is 2. The third-order valence-electron chi connectivity index (χ3n) is 2.81. The minimum Gasteiger partial charge on any atom is -0.465 e. The lowest BCUT2D eigenvalue weighted by atomic mass is 9.77. The number of aliphatic imine (C=N–C) groups is 1. The average molecular weight is 285 g/mol. The van der Waals surface area contributed by atoms with Gasteiger partial charge in [0.15, 0.2) is 5.78 Å². The molecule has 0 saturated carbocycles. The molecule has 0 saturated heterocycles. The van der Waals surface area contributed by atoms with Crippen LogP contribution >= 0.6 is 0 Å². The summed E-state index contributed by atoms with van der Waals surface area (Å²) in [7, 11) is 1.60. The highest BCUT2D eigenvalue weighted by molar-refractivity contribution is 6.00. The quantitative estimate of drug-likeness (QED) is 0.456. The summed E-state index contributed by atoms with van der Waals surface area (Å²) in [6.07, 6.45) is 2.15. The second-order valence-electron chi connectivity index (χ2n) is 5.21. The zero-order valence-corrected chi connectivity index (χ0v) is 13.3. The van der Waals surface area contributed by atoms with Crippen LogP contribution in [0.2, 0.25) is 0 Å². The van der Waals surface area contributed by atoms with E-state index in [1.54, 1.807) is 20.2 Å². The van der Waals surface area contributed by atoms with Crippen molar-refractivity contribution in [1.29, 1.82) is 0 Å². The number of ketones is 1. The third kappa shape index (κ3) is 6.28. The van der Waals surface area contributed by atoms with E-state index in [1.807, 2.05) is 20.8 Å². The lowest BCUT2D eigenvalue weighted by molar-refractivity contribution is -0.154. The lowest BCUT2D eigenvalue weighted by Crippen LogP contribution is -2.39. The molecule has 0 aliphatic heterocycles. The highest BCUT2D eigenvalue weighted by Gasteiger charge is 2.40. The van der Waals surface area contributed by atoms with E-state index in [1.165, 1.54) is 0 Å². The molecule has 0 rings (SSSR count). The van der Waals surface area contributed by atoms with E-state index in [0.29, 0.717) is 13.0 Å². The Hall–Kier alpha value is -1.23. The molecule has 0 aromatic carbocycles. The normalized spacial score (nSPS) is 14.5. The Labute approximate surface area is 121 Å². The Kier molecular flexibility index (Phi) is 9.05. The molecule has 5 heteroatoms. The van der Waals surface area contributed by atoms with E-state index < -0.39 is 5.41 Å². The summed E-state index contributed by atoms with van der Waals surface area (Å²) in [5.41, 5.74) is -0.979. The van der Waals surface area contributed by atoms with Crippen LogP contribution in [0, 0.1) is 11.3 Å². The summed E-state index contributed by atoms with van der Waals surface area (Å²) in [5, 5.41) is 0. The van der Waals surface area contributed by atoms with E-state index in [2.05, 4.69) is 4.99 Å². The molecule has 5 nitrogen and oxygen atoms in total. The SMILES string of the molecule is CCOCC(=O)CC(C=NC)(CC(C)C)C(=O)OCC. The molecule has 0 fully saturated rings. The van der Waals surface area contributed by atoms with Crippen molar-refractivity contribution in [3.8, 4) is 0 Å². The van der Waals surface area contributed by atoms with Crippen LogP contribution in [-0.4, -0.2) is 44.8 Å². The van der Waals surface area contributed by atoms with E-state index in [4.69, 9.17) is 9.47 Å². The summed E-state index contributed by atoms with van der Waals surface area (Å²) >= 11 is 0. The van der Waals surface area contributed by atoms with E-state index in [9.17, 15) is 9.59 Å². The van der Waals surface area contributed by atoms with Crippen molar-refractivity contribution in [2.75, 3.05) is 26.9 Å². The molecule has 1 unspecified atom stereocenters. The first kappa shape index (κ1) is 18.8. The molecule has 0 aliphatic rings. The molecule has 0 spiro atoms. The number of hydrogen-bond acceptors (Lipinski definition) is 5. The second kappa shape index (κ2) is 9.64. The van der Waals surface area contributed by atoms with Crippen LogP contribution < -0.4 is 0 Å². The Morgan fingerprint density at radius 2 is 1.90 bits per heavy atom. The van der Waals surface area contributed by atoms with Crippen molar-refractivity contribution in [1.82, 2.24) is 0 Å². The summed E-state index contributed by atoms with van der Waals surface area (Å²) in [4.78, 5) is 28.3. The van der Waals surface area contributed by atoms with Gasteiger partial charge in [0.2, 0.25) is 0 Å². The predicted octanol–water partition coefficient (Wildman–Crippen LogP) is 2.28. The number of esters is 1. The summed E-state index contributed by atoms with van der Waals surface area (Å²) < 4.78 is 10.3. The number of rotatable bonds is 10. The molecule has 0 aliphatic carbocycles. The first-order chi connectivity index (χ1) is 9.41. The van der Waals surface area contributed by atoms with Gasteiger partial charge in [-0.1, -0.05) is 13.8 Å². The zero-order chi connectivity index (χ0) is 15.6. The zero-order valence-electron chi connectivity index (χ0n) is 13.3. The maximum Gasteiger partial charge on any atom is 0.317 e. The molecular weight excluding hydrogens is 258 g/mol. The highest BCUT2D eigenvalue weighted by Crippen LogP contribution is 2.31. The van der Waals surface area contributed by atoms with Gasteiger partial charge in [-0.25, -0.2) is 0 Å². The molecule has 116 valence electrons. The van der Waals surface area contributed by atoms with Gasteiger partial charge in [0.25, 0.3) is 0 Å². The monoisotopic (exact) mass is 285 g/mol. The molecule has 0 N–H and O–H groups in total. The van der Waals surface area contributed by atoms with Gasteiger partial charge in [-0.05, 0) is 26.2 Å². The molecule has 20 heavy (non-hydrogen) atoms. The van der Waals surface area contributed by atoms with Gasteiger partial charge in [-0.3, -0.25) is 14.6 Å². The number of hydrogen-bond donors (Lipinski definition) is 0. The molecule has 0 aromatic rings. The summed E-state index contributed by atoms with van der Waals surface area (Å²) in [5.74, 6) is -0.248. The predicted molar refractivity (Wildman–Crippen MR) is 79.1 cm³/mol. The van der Waals surface area contributed by atoms with Crippen LogP contribution in [0.15, 0.2) is 4.99 Å². The Balaban J connectivity index is 5.17. The van der Waals surface area contributed by atoms with Gasteiger partial charge in [-0.15, -0.1) is 0 Å². The molecule has 0 radical (unpaired) electrons. The topological polar surface area (TPSA) is 65.0 Å².